The minimum atomic E-state index is -0.0307. The summed E-state index contributed by atoms with van der Waals surface area (Å²) in [6.45, 7) is 4.22. The molecule has 20 heavy (non-hydrogen) atoms. The molecule has 0 bridgehead atoms. The molecule has 3 rings (SSSR count). The van der Waals surface area contributed by atoms with Gasteiger partial charge in [-0.1, -0.05) is 23.7 Å². The fourth-order valence-corrected chi connectivity index (χ4v) is 2.56. The quantitative estimate of drug-likeness (QED) is 0.787. The van der Waals surface area contributed by atoms with Gasteiger partial charge in [0.25, 0.3) is 5.56 Å². The molecule has 0 saturated heterocycles. The molecule has 1 N–H and O–H groups in total. The van der Waals surface area contributed by atoms with Gasteiger partial charge in [-0.05, 0) is 37.6 Å². The van der Waals surface area contributed by atoms with Crippen LogP contribution in [0, 0.1) is 13.8 Å². The normalized spacial score (nSPS) is 11.2. The monoisotopic (exact) mass is 287 g/mol. The zero-order chi connectivity index (χ0) is 14.3. The number of aryl methyl sites for hydroxylation is 2. The highest BCUT2D eigenvalue weighted by atomic mass is 35.5. The fourth-order valence-electron chi connectivity index (χ4n) is 2.34. The van der Waals surface area contributed by atoms with Gasteiger partial charge in [0, 0.05) is 10.7 Å². The number of H-pyrrole nitrogens is 1. The molecular formula is C15H14ClN3O. The summed E-state index contributed by atoms with van der Waals surface area (Å²) in [7, 11) is 0. The number of hydrogen-bond donors (Lipinski definition) is 1. The van der Waals surface area contributed by atoms with E-state index in [1.807, 2.05) is 44.2 Å². The Morgan fingerprint density at radius 3 is 2.85 bits per heavy atom. The number of nitrogens with one attached hydrogen (secondary N) is 1. The van der Waals surface area contributed by atoms with Crippen LogP contribution in [0.2, 0.25) is 5.02 Å². The van der Waals surface area contributed by atoms with Gasteiger partial charge in [-0.2, -0.15) is 0 Å². The van der Waals surface area contributed by atoms with Crippen LogP contribution in [-0.2, 0) is 6.54 Å². The molecule has 0 fully saturated rings. The maximum Gasteiger partial charge on any atom is 0.263 e. The van der Waals surface area contributed by atoms with E-state index in [2.05, 4.69) is 9.97 Å². The molecular weight excluding hydrogens is 274 g/mol. The van der Waals surface area contributed by atoms with Gasteiger partial charge in [0.05, 0.1) is 11.9 Å². The van der Waals surface area contributed by atoms with E-state index in [0.717, 1.165) is 11.3 Å². The van der Waals surface area contributed by atoms with Crippen molar-refractivity contribution in [2.24, 2.45) is 0 Å². The molecule has 2 aromatic heterocycles. The lowest BCUT2D eigenvalue weighted by Gasteiger charge is -2.09. The van der Waals surface area contributed by atoms with E-state index in [1.54, 1.807) is 4.57 Å². The molecule has 3 aromatic rings. The lowest BCUT2D eigenvalue weighted by Crippen LogP contribution is -2.24. The summed E-state index contributed by atoms with van der Waals surface area (Å²) in [5.74, 6) is 0.685. The highest BCUT2D eigenvalue weighted by molar-refractivity contribution is 6.30. The van der Waals surface area contributed by atoms with Crippen LogP contribution in [0.15, 0.2) is 35.1 Å². The Kier molecular flexibility index (Phi) is 3.10. The van der Waals surface area contributed by atoms with Crippen molar-refractivity contribution in [2.75, 3.05) is 0 Å². The summed E-state index contributed by atoms with van der Waals surface area (Å²) in [5.41, 5.74) is 2.53. The van der Waals surface area contributed by atoms with E-state index < -0.39 is 0 Å². The van der Waals surface area contributed by atoms with Crippen LogP contribution in [0.3, 0.4) is 0 Å². The third-order valence-corrected chi connectivity index (χ3v) is 3.54. The molecule has 0 unspecified atom stereocenters. The van der Waals surface area contributed by atoms with Gasteiger partial charge in [-0.25, -0.2) is 4.98 Å². The van der Waals surface area contributed by atoms with Crippen molar-refractivity contribution in [2.45, 2.75) is 20.4 Å². The first-order valence-corrected chi connectivity index (χ1v) is 6.73. The summed E-state index contributed by atoms with van der Waals surface area (Å²) < 4.78 is 1.67. The summed E-state index contributed by atoms with van der Waals surface area (Å²) in [5, 5.41) is 1.29. The van der Waals surface area contributed by atoms with Crippen LogP contribution in [-0.4, -0.2) is 14.5 Å². The zero-order valence-electron chi connectivity index (χ0n) is 11.3. The SMILES string of the molecule is Cc1cc2c(=O)n(Cc3cccc(Cl)c3)c(C)nc2[nH]1. The predicted molar refractivity (Wildman–Crippen MR) is 80.4 cm³/mol. The van der Waals surface area contributed by atoms with Gasteiger partial charge in [-0.15, -0.1) is 0 Å². The molecule has 102 valence electrons. The second kappa shape index (κ2) is 4.80. The summed E-state index contributed by atoms with van der Waals surface area (Å²) in [6.07, 6.45) is 0. The Morgan fingerprint density at radius 2 is 2.10 bits per heavy atom. The van der Waals surface area contributed by atoms with Gasteiger partial charge >= 0.3 is 0 Å². The van der Waals surface area contributed by atoms with Gasteiger partial charge in [0.1, 0.15) is 11.5 Å². The van der Waals surface area contributed by atoms with Crippen LogP contribution >= 0.6 is 11.6 Å². The average Bonchev–Trinajstić information content (AvgIpc) is 2.75. The van der Waals surface area contributed by atoms with Crippen LogP contribution in [0.4, 0.5) is 0 Å². The van der Waals surface area contributed by atoms with E-state index in [4.69, 9.17) is 11.6 Å². The standard InChI is InChI=1S/C15H14ClN3O/c1-9-6-13-14(17-9)18-10(2)19(15(13)20)8-11-4-3-5-12(16)7-11/h3-7,17H,8H2,1-2H3. The fraction of sp³-hybridized carbons (Fsp3) is 0.200. The molecule has 0 aliphatic heterocycles. The largest absolute Gasteiger partial charge is 0.343 e. The number of hydrogen-bond acceptors (Lipinski definition) is 2. The van der Waals surface area contributed by atoms with Crippen LogP contribution < -0.4 is 5.56 Å². The van der Waals surface area contributed by atoms with Crippen molar-refractivity contribution in [3.05, 3.63) is 62.8 Å². The third-order valence-electron chi connectivity index (χ3n) is 3.30. The Hall–Kier alpha value is -2.07. The van der Waals surface area contributed by atoms with E-state index >= 15 is 0 Å². The Balaban J connectivity index is 2.14. The molecule has 0 spiro atoms. The van der Waals surface area contributed by atoms with Gasteiger partial charge in [-0.3, -0.25) is 9.36 Å². The van der Waals surface area contributed by atoms with E-state index in [9.17, 15) is 4.79 Å². The highest BCUT2D eigenvalue weighted by Crippen LogP contribution is 2.13. The van der Waals surface area contributed by atoms with Crippen LogP contribution in [0.1, 0.15) is 17.1 Å². The number of rotatable bonds is 2. The molecule has 4 nitrogen and oxygen atoms in total. The Labute approximate surface area is 121 Å². The van der Waals surface area contributed by atoms with Gasteiger partial charge in [0.2, 0.25) is 0 Å². The number of halogens is 1. The third kappa shape index (κ3) is 2.23. The minimum absolute atomic E-state index is 0.0307. The predicted octanol–water partition coefficient (Wildman–Crippen LogP) is 3.04. The number of aromatic amines is 1. The minimum Gasteiger partial charge on any atom is -0.343 e. The molecule has 0 radical (unpaired) electrons. The maximum absolute atomic E-state index is 12.5. The van der Waals surface area contributed by atoms with Crippen molar-refractivity contribution in [1.29, 1.82) is 0 Å². The summed E-state index contributed by atoms with van der Waals surface area (Å²) >= 11 is 5.98. The lowest BCUT2D eigenvalue weighted by molar-refractivity contribution is 0.712. The second-order valence-corrected chi connectivity index (χ2v) is 5.33. The van der Waals surface area contributed by atoms with Crippen molar-refractivity contribution >= 4 is 22.6 Å². The lowest BCUT2D eigenvalue weighted by atomic mass is 10.2. The molecule has 0 amide bonds. The molecule has 0 aliphatic rings. The van der Waals surface area contributed by atoms with E-state index in [1.165, 1.54) is 0 Å². The molecule has 2 heterocycles. The van der Waals surface area contributed by atoms with E-state index in [0.29, 0.717) is 28.4 Å². The zero-order valence-corrected chi connectivity index (χ0v) is 12.0. The average molecular weight is 288 g/mol. The molecule has 1 aromatic carbocycles. The second-order valence-electron chi connectivity index (χ2n) is 4.89. The number of aromatic nitrogens is 3. The summed E-state index contributed by atoms with van der Waals surface area (Å²) in [4.78, 5) is 20.1. The highest BCUT2D eigenvalue weighted by Gasteiger charge is 2.10. The van der Waals surface area contributed by atoms with Gasteiger partial charge < -0.3 is 4.98 Å². The van der Waals surface area contributed by atoms with Crippen LogP contribution in [0.5, 0.6) is 0 Å². The molecule has 5 heteroatoms. The summed E-state index contributed by atoms with van der Waals surface area (Å²) in [6, 6.07) is 9.34. The molecule has 0 saturated carbocycles. The topological polar surface area (TPSA) is 50.7 Å². The molecule has 0 atom stereocenters. The first kappa shape index (κ1) is 12.9. The first-order valence-electron chi connectivity index (χ1n) is 6.36. The Morgan fingerprint density at radius 1 is 1.30 bits per heavy atom. The van der Waals surface area contributed by atoms with Crippen molar-refractivity contribution < 1.29 is 0 Å². The van der Waals surface area contributed by atoms with Gasteiger partial charge in [0.15, 0.2) is 0 Å². The van der Waals surface area contributed by atoms with Crippen molar-refractivity contribution in [3.63, 3.8) is 0 Å². The van der Waals surface area contributed by atoms with Crippen LogP contribution in [0.25, 0.3) is 11.0 Å². The number of fused-ring (bicyclic) bond motifs is 1. The molecule has 0 aliphatic carbocycles. The number of benzene rings is 1. The smallest absolute Gasteiger partial charge is 0.263 e. The van der Waals surface area contributed by atoms with Crippen molar-refractivity contribution in [3.8, 4) is 0 Å². The first-order chi connectivity index (χ1) is 9.54. The Bertz CT molecular complexity index is 848. The van der Waals surface area contributed by atoms with E-state index in [-0.39, 0.29) is 5.56 Å². The number of nitrogens with zero attached hydrogens (tertiary/aromatic N) is 2. The van der Waals surface area contributed by atoms with Crippen molar-refractivity contribution in [1.82, 2.24) is 14.5 Å². The maximum atomic E-state index is 12.5.